The summed E-state index contributed by atoms with van der Waals surface area (Å²) in [6.07, 6.45) is -2.47. The Morgan fingerprint density at radius 3 is 2.15 bits per heavy atom. The van der Waals surface area contributed by atoms with E-state index in [-0.39, 0.29) is 17.5 Å². The number of benzene rings is 2. The summed E-state index contributed by atoms with van der Waals surface area (Å²) in [5.74, 6) is -0.194. The molecule has 0 atom stereocenters. The van der Waals surface area contributed by atoms with Crippen LogP contribution in [0.5, 0.6) is 5.75 Å². The number of hydrogen-bond donors (Lipinski definition) is 2. The van der Waals surface area contributed by atoms with Gasteiger partial charge in [-0.15, -0.1) is 0 Å². The lowest BCUT2D eigenvalue weighted by molar-refractivity contribution is 0.103. The van der Waals surface area contributed by atoms with Crippen molar-refractivity contribution >= 4 is 17.9 Å². The highest BCUT2D eigenvalue weighted by Crippen LogP contribution is 2.32. The second kappa shape index (κ2) is 8.93. The van der Waals surface area contributed by atoms with Crippen LogP contribution in [0, 0.1) is 0 Å². The lowest BCUT2D eigenvalue weighted by Gasteiger charge is -2.25. The Morgan fingerprint density at radius 2 is 1.56 bits per heavy atom. The van der Waals surface area contributed by atoms with Gasteiger partial charge >= 0.3 is 12.2 Å². The van der Waals surface area contributed by atoms with Gasteiger partial charge in [0, 0.05) is 0 Å². The van der Waals surface area contributed by atoms with Crippen molar-refractivity contribution in [1.29, 1.82) is 0 Å². The molecule has 0 bridgehead atoms. The van der Waals surface area contributed by atoms with Crippen molar-refractivity contribution in [2.45, 2.75) is 39.9 Å². The van der Waals surface area contributed by atoms with Crippen molar-refractivity contribution in [3.8, 4) is 16.9 Å². The fraction of sp³-hybridized carbons (Fsp3) is 0.300. The molecule has 0 heterocycles. The first kappa shape index (κ1) is 20.1. The molecule has 0 saturated heterocycles. The van der Waals surface area contributed by atoms with Crippen LogP contribution in [0.25, 0.3) is 11.1 Å². The van der Waals surface area contributed by atoms with E-state index in [0.717, 1.165) is 16.1 Å². The normalized spacial score (nSPS) is 10.6. The number of aromatic hydroxyl groups is 1. The molecule has 7 nitrogen and oxygen atoms in total. The Kier molecular flexibility index (Phi) is 6.65. The van der Waals surface area contributed by atoms with E-state index in [1.54, 1.807) is 39.8 Å². The van der Waals surface area contributed by atoms with Gasteiger partial charge in [-0.25, -0.2) is 15.0 Å². The Morgan fingerprint density at radius 1 is 0.926 bits per heavy atom. The molecule has 0 spiro atoms. The molecule has 0 aliphatic rings. The molecule has 2 aromatic rings. The number of phenols is 1. The standard InChI is InChI=1S/C20H24N2O5/c1-13(2)26-19(24)21-22(20(25)27-14(3)4)17-12-16(10-11-18(17)23)15-8-6-5-7-9-15/h5-14,23H,1-4H3,(H,21,24). The van der Waals surface area contributed by atoms with Crippen molar-refractivity contribution < 1.29 is 24.2 Å². The summed E-state index contributed by atoms with van der Waals surface area (Å²) in [7, 11) is 0. The van der Waals surface area contributed by atoms with Crippen LogP contribution in [-0.4, -0.2) is 29.5 Å². The van der Waals surface area contributed by atoms with Gasteiger partial charge in [0.2, 0.25) is 0 Å². The molecule has 2 N–H and O–H groups in total. The maximum atomic E-state index is 12.5. The second-order valence-corrected chi connectivity index (χ2v) is 6.40. The van der Waals surface area contributed by atoms with Gasteiger partial charge in [-0.1, -0.05) is 36.4 Å². The van der Waals surface area contributed by atoms with E-state index >= 15 is 0 Å². The first-order valence-electron chi connectivity index (χ1n) is 8.64. The lowest BCUT2D eigenvalue weighted by atomic mass is 10.0. The van der Waals surface area contributed by atoms with Gasteiger partial charge in [-0.2, -0.15) is 5.01 Å². The third-order valence-electron chi connectivity index (χ3n) is 3.39. The fourth-order valence-electron chi connectivity index (χ4n) is 2.30. The second-order valence-electron chi connectivity index (χ2n) is 6.40. The van der Waals surface area contributed by atoms with Crippen LogP contribution < -0.4 is 10.4 Å². The van der Waals surface area contributed by atoms with E-state index in [0.29, 0.717) is 0 Å². The summed E-state index contributed by atoms with van der Waals surface area (Å²) in [4.78, 5) is 24.5. The van der Waals surface area contributed by atoms with E-state index in [1.165, 1.54) is 6.07 Å². The lowest BCUT2D eigenvalue weighted by Crippen LogP contribution is -2.48. The Balaban J connectivity index is 2.41. The number of amides is 2. The molecule has 0 radical (unpaired) electrons. The first-order chi connectivity index (χ1) is 12.8. The molecule has 0 aliphatic carbocycles. The van der Waals surface area contributed by atoms with Crippen LogP contribution in [-0.2, 0) is 9.47 Å². The molecule has 0 saturated carbocycles. The SMILES string of the molecule is CC(C)OC(=O)NN(C(=O)OC(C)C)c1cc(-c2ccccc2)ccc1O. The van der Waals surface area contributed by atoms with Crippen molar-refractivity contribution in [1.82, 2.24) is 5.43 Å². The van der Waals surface area contributed by atoms with Crippen molar-refractivity contribution in [2.75, 3.05) is 5.01 Å². The number of rotatable bonds is 4. The zero-order valence-electron chi connectivity index (χ0n) is 15.8. The molecule has 144 valence electrons. The minimum Gasteiger partial charge on any atom is -0.506 e. The topological polar surface area (TPSA) is 88.1 Å². The largest absolute Gasteiger partial charge is 0.506 e. The van der Waals surface area contributed by atoms with Crippen LogP contribution >= 0.6 is 0 Å². The number of hydrazine groups is 1. The molecule has 2 aromatic carbocycles. The predicted octanol–water partition coefficient (Wildman–Crippen LogP) is 4.46. The average molecular weight is 372 g/mol. The Bertz CT molecular complexity index is 790. The quantitative estimate of drug-likeness (QED) is 0.774. The van der Waals surface area contributed by atoms with Crippen molar-refractivity contribution in [2.24, 2.45) is 0 Å². The number of ether oxygens (including phenoxy) is 2. The van der Waals surface area contributed by atoms with E-state index in [1.807, 2.05) is 30.3 Å². The molecule has 0 unspecified atom stereocenters. The molecule has 0 fully saturated rings. The highest BCUT2D eigenvalue weighted by Gasteiger charge is 2.25. The molecule has 0 aliphatic heterocycles. The summed E-state index contributed by atoms with van der Waals surface area (Å²) >= 11 is 0. The van der Waals surface area contributed by atoms with E-state index in [4.69, 9.17) is 9.47 Å². The minimum absolute atomic E-state index is 0.0720. The molecule has 2 rings (SSSR count). The van der Waals surface area contributed by atoms with Gasteiger partial charge in [0.25, 0.3) is 0 Å². The Labute approximate surface area is 158 Å². The van der Waals surface area contributed by atoms with Gasteiger partial charge in [0.05, 0.1) is 12.2 Å². The summed E-state index contributed by atoms with van der Waals surface area (Å²) < 4.78 is 10.2. The van der Waals surface area contributed by atoms with Gasteiger partial charge in [0.15, 0.2) is 0 Å². The van der Waals surface area contributed by atoms with E-state index in [9.17, 15) is 14.7 Å². The number of nitrogens with one attached hydrogen (secondary N) is 1. The van der Waals surface area contributed by atoms with Gasteiger partial charge in [-0.3, -0.25) is 0 Å². The van der Waals surface area contributed by atoms with Crippen molar-refractivity contribution in [3.05, 3.63) is 48.5 Å². The summed E-state index contributed by atoms with van der Waals surface area (Å²) in [5, 5.41) is 11.1. The molecule has 7 heteroatoms. The van der Waals surface area contributed by atoms with Crippen LogP contribution in [0.2, 0.25) is 0 Å². The Hall–Kier alpha value is -3.22. The number of carbonyl (C=O) groups is 2. The molecule has 2 amide bonds. The molecule has 0 aromatic heterocycles. The zero-order chi connectivity index (χ0) is 20.0. The molecular formula is C20H24N2O5. The third-order valence-corrected chi connectivity index (χ3v) is 3.39. The number of phenolic OH excluding ortho intramolecular Hbond substituents is 1. The maximum Gasteiger partial charge on any atom is 0.433 e. The number of hydrogen-bond acceptors (Lipinski definition) is 5. The zero-order valence-corrected chi connectivity index (χ0v) is 15.8. The summed E-state index contributed by atoms with van der Waals surface area (Å²) in [6, 6.07) is 14.2. The van der Waals surface area contributed by atoms with Crippen LogP contribution in [0.3, 0.4) is 0 Å². The average Bonchev–Trinajstić information content (AvgIpc) is 2.60. The van der Waals surface area contributed by atoms with Gasteiger partial charge in [0.1, 0.15) is 11.4 Å². The van der Waals surface area contributed by atoms with Gasteiger partial charge < -0.3 is 14.6 Å². The number of carbonyl (C=O) groups excluding carboxylic acids is 2. The van der Waals surface area contributed by atoms with E-state index in [2.05, 4.69) is 5.43 Å². The van der Waals surface area contributed by atoms with Crippen LogP contribution in [0.1, 0.15) is 27.7 Å². The monoisotopic (exact) mass is 372 g/mol. The molecular weight excluding hydrogens is 348 g/mol. The highest BCUT2D eigenvalue weighted by atomic mass is 16.6. The third kappa shape index (κ3) is 5.64. The summed E-state index contributed by atoms with van der Waals surface area (Å²) in [6.45, 7) is 6.74. The minimum atomic E-state index is -0.841. The maximum absolute atomic E-state index is 12.5. The molecule has 27 heavy (non-hydrogen) atoms. The highest BCUT2D eigenvalue weighted by molar-refractivity contribution is 5.93. The first-order valence-corrected chi connectivity index (χ1v) is 8.64. The predicted molar refractivity (Wildman–Crippen MR) is 102 cm³/mol. The van der Waals surface area contributed by atoms with Gasteiger partial charge in [-0.05, 0) is 51.0 Å². The van der Waals surface area contributed by atoms with Crippen molar-refractivity contribution in [3.63, 3.8) is 0 Å². The van der Waals surface area contributed by atoms with Crippen LogP contribution in [0.4, 0.5) is 15.3 Å². The number of nitrogens with zero attached hydrogens (tertiary/aromatic N) is 1. The fourth-order valence-corrected chi connectivity index (χ4v) is 2.30. The summed E-state index contributed by atoms with van der Waals surface area (Å²) in [5.41, 5.74) is 4.04. The number of anilines is 1. The van der Waals surface area contributed by atoms with Crippen LogP contribution in [0.15, 0.2) is 48.5 Å². The van der Waals surface area contributed by atoms with E-state index < -0.39 is 18.3 Å². The smallest absolute Gasteiger partial charge is 0.433 e.